The van der Waals surface area contributed by atoms with Crippen LogP contribution in [0.2, 0.25) is 0 Å². The van der Waals surface area contributed by atoms with Crippen LogP contribution in [0.15, 0.2) is 24.3 Å². The summed E-state index contributed by atoms with van der Waals surface area (Å²) in [4.78, 5) is 22.5. The van der Waals surface area contributed by atoms with E-state index >= 15 is 0 Å². The van der Waals surface area contributed by atoms with Crippen molar-refractivity contribution in [2.45, 2.75) is 26.7 Å². The molecule has 0 aliphatic rings. The number of nitrogens with one attached hydrogen (secondary N) is 2. The third-order valence-corrected chi connectivity index (χ3v) is 2.28. The molecular formula is C13H18N2O2. The first-order chi connectivity index (χ1) is 8.13. The van der Waals surface area contributed by atoms with Gasteiger partial charge in [-0.3, -0.25) is 9.59 Å². The summed E-state index contributed by atoms with van der Waals surface area (Å²) >= 11 is 0. The molecule has 17 heavy (non-hydrogen) atoms. The predicted octanol–water partition coefficient (Wildman–Crippen LogP) is 2.17. The van der Waals surface area contributed by atoms with E-state index < -0.39 is 0 Å². The van der Waals surface area contributed by atoms with Crippen LogP contribution < -0.4 is 10.6 Å². The van der Waals surface area contributed by atoms with Crippen molar-refractivity contribution in [1.82, 2.24) is 5.32 Å². The van der Waals surface area contributed by atoms with Gasteiger partial charge in [-0.2, -0.15) is 0 Å². The zero-order valence-corrected chi connectivity index (χ0v) is 10.2. The summed E-state index contributed by atoms with van der Waals surface area (Å²) in [7, 11) is 0. The van der Waals surface area contributed by atoms with E-state index in [1.54, 1.807) is 24.3 Å². The number of hydrogen-bond acceptors (Lipinski definition) is 2. The van der Waals surface area contributed by atoms with Crippen LogP contribution in [0, 0.1) is 0 Å². The molecule has 0 atom stereocenters. The normalized spacial score (nSPS) is 9.76. The smallest absolute Gasteiger partial charge is 0.251 e. The maximum absolute atomic E-state index is 11.7. The van der Waals surface area contributed by atoms with Crippen LogP contribution in [0.3, 0.4) is 0 Å². The summed E-state index contributed by atoms with van der Waals surface area (Å²) in [6, 6.07) is 6.84. The number of anilines is 1. The fourth-order valence-electron chi connectivity index (χ4n) is 1.39. The highest BCUT2D eigenvalue weighted by Gasteiger charge is 2.04. The van der Waals surface area contributed by atoms with Crippen molar-refractivity contribution in [2.24, 2.45) is 0 Å². The quantitative estimate of drug-likeness (QED) is 0.767. The molecule has 0 radical (unpaired) electrons. The van der Waals surface area contributed by atoms with Gasteiger partial charge in [-0.15, -0.1) is 0 Å². The lowest BCUT2D eigenvalue weighted by molar-refractivity contribution is -0.114. The van der Waals surface area contributed by atoms with Crippen LogP contribution in [0.4, 0.5) is 5.69 Å². The maximum atomic E-state index is 11.7. The Morgan fingerprint density at radius 3 is 2.35 bits per heavy atom. The summed E-state index contributed by atoms with van der Waals surface area (Å²) in [5.74, 6) is -0.196. The van der Waals surface area contributed by atoms with Gasteiger partial charge in [-0.25, -0.2) is 0 Å². The summed E-state index contributed by atoms with van der Waals surface area (Å²) in [5.41, 5.74) is 1.30. The topological polar surface area (TPSA) is 58.2 Å². The first kappa shape index (κ1) is 13.2. The summed E-state index contributed by atoms with van der Waals surface area (Å²) in [6.45, 7) is 4.22. The average Bonchev–Trinajstić information content (AvgIpc) is 2.29. The van der Waals surface area contributed by atoms with Crippen molar-refractivity contribution in [3.63, 3.8) is 0 Å². The van der Waals surface area contributed by atoms with Crippen molar-refractivity contribution in [2.75, 3.05) is 11.9 Å². The van der Waals surface area contributed by atoms with E-state index in [-0.39, 0.29) is 11.8 Å². The van der Waals surface area contributed by atoms with Crippen LogP contribution >= 0.6 is 0 Å². The monoisotopic (exact) mass is 234 g/mol. The Bertz CT molecular complexity index is 385. The van der Waals surface area contributed by atoms with E-state index in [2.05, 4.69) is 17.6 Å². The minimum atomic E-state index is -0.120. The molecule has 0 aliphatic carbocycles. The van der Waals surface area contributed by atoms with E-state index in [9.17, 15) is 9.59 Å². The lowest BCUT2D eigenvalue weighted by Crippen LogP contribution is -2.24. The highest BCUT2D eigenvalue weighted by molar-refractivity contribution is 5.95. The third kappa shape index (κ3) is 4.68. The molecule has 92 valence electrons. The van der Waals surface area contributed by atoms with Gasteiger partial charge in [-0.05, 0) is 30.7 Å². The van der Waals surface area contributed by atoms with E-state index in [0.717, 1.165) is 12.8 Å². The van der Waals surface area contributed by atoms with Gasteiger partial charge in [0.2, 0.25) is 5.91 Å². The SMILES string of the molecule is CCCCNC(=O)c1ccc(NC(C)=O)cc1. The van der Waals surface area contributed by atoms with Gasteiger partial charge in [-0.1, -0.05) is 13.3 Å². The van der Waals surface area contributed by atoms with Crippen LogP contribution in [-0.4, -0.2) is 18.4 Å². The van der Waals surface area contributed by atoms with Crippen molar-refractivity contribution in [3.8, 4) is 0 Å². The fraction of sp³-hybridized carbons (Fsp3) is 0.385. The first-order valence-corrected chi connectivity index (χ1v) is 5.79. The number of hydrogen-bond donors (Lipinski definition) is 2. The molecule has 0 heterocycles. The number of carbonyl (C=O) groups excluding carboxylic acids is 2. The van der Waals surface area contributed by atoms with Crippen molar-refractivity contribution in [1.29, 1.82) is 0 Å². The highest BCUT2D eigenvalue weighted by atomic mass is 16.2. The van der Waals surface area contributed by atoms with Crippen molar-refractivity contribution < 1.29 is 9.59 Å². The summed E-state index contributed by atoms with van der Waals surface area (Å²) in [5, 5.41) is 5.49. The van der Waals surface area contributed by atoms with E-state index in [0.29, 0.717) is 17.8 Å². The molecule has 2 N–H and O–H groups in total. The van der Waals surface area contributed by atoms with Crippen molar-refractivity contribution >= 4 is 17.5 Å². The third-order valence-electron chi connectivity index (χ3n) is 2.28. The number of unbranched alkanes of at least 4 members (excludes halogenated alkanes) is 1. The zero-order chi connectivity index (χ0) is 12.7. The van der Waals surface area contributed by atoms with Gasteiger partial charge >= 0.3 is 0 Å². The summed E-state index contributed by atoms with van der Waals surface area (Å²) in [6.07, 6.45) is 2.04. The maximum Gasteiger partial charge on any atom is 0.251 e. The molecule has 4 nitrogen and oxygen atoms in total. The Kier molecular flexibility index (Phi) is 5.20. The van der Waals surface area contributed by atoms with Gasteiger partial charge in [0, 0.05) is 24.7 Å². The largest absolute Gasteiger partial charge is 0.352 e. The minimum Gasteiger partial charge on any atom is -0.352 e. The average molecular weight is 234 g/mol. The van der Waals surface area contributed by atoms with Gasteiger partial charge in [0.1, 0.15) is 0 Å². The van der Waals surface area contributed by atoms with Gasteiger partial charge < -0.3 is 10.6 Å². The Balaban J connectivity index is 2.54. The van der Waals surface area contributed by atoms with E-state index in [1.165, 1.54) is 6.92 Å². The molecule has 0 aromatic heterocycles. The molecule has 1 rings (SSSR count). The van der Waals surface area contributed by atoms with Gasteiger partial charge in [0.05, 0.1) is 0 Å². The van der Waals surface area contributed by atoms with Crippen LogP contribution in [0.5, 0.6) is 0 Å². The Labute approximate surface area is 101 Å². The zero-order valence-electron chi connectivity index (χ0n) is 10.2. The number of rotatable bonds is 5. The standard InChI is InChI=1S/C13H18N2O2/c1-3-4-9-14-13(17)11-5-7-12(8-6-11)15-10(2)16/h5-8H,3-4,9H2,1-2H3,(H,14,17)(H,15,16). The number of amides is 2. The molecule has 4 heteroatoms. The van der Waals surface area contributed by atoms with Gasteiger partial charge in [0.25, 0.3) is 5.91 Å². The molecule has 1 aromatic carbocycles. The molecule has 0 spiro atoms. The molecule has 0 bridgehead atoms. The number of benzene rings is 1. The molecule has 1 aromatic rings. The van der Waals surface area contributed by atoms with E-state index in [4.69, 9.17) is 0 Å². The molecular weight excluding hydrogens is 216 g/mol. The summed E-state index contributed by atoms with van der Waals surface area (Å²) < 4.78 is 0. The second-order valence-electron chi connectivity index (χ2n) is 3.87. The fourth-order valence-corrected chi connectivity index (χ4v) is 1.39. The molecule has 0 saturated heterocycles. The lowest BCUT2D eigenvalue weighted by atomic mass is 10.2. The van der Waals surface area contributed by atoms with Crippen LogP contribution in [0.1, 0.15) is 37.0 Å². The molecule has 0 saturated carbocycles. The molecule has 0 aliphatic heterocycles. The molecule has 2 amide bonds. The van der Waals surface area contributed by atoms with Crippen LogP contribution in [0.25, 0.3) is 0 Å². The predicted molar refractivity (Wildman–Crippen MR) is 68.0 cm³/mol. The van der Waals surface area contributed by atoms with Crippen LogP contribution in [-0.2, 0) is 4.79 Å². The molecule has 0 fully saturated rings. The lowest BCUT2D eigenvalue weighted by Gasteiger charge is -2.05. The van der Waals surface area contributed by atoms with Gasteiger partial charge in [0.15, 0.2) is 0 Å². The Morgan fingerprint density at radius 2 is 1.82 bits per heavy atom. The second-order valence-corrected chi connectivity index (χ2v) is 3.87. The highest BCUT2D eigenvalue weighted by Crippen LogP contribution is 2.09. The first-order valence-electron chi connectivity index (χ1n) is 5.79. The Hall–Kier alpha value is -1.84. The second kappa shape index (κ2) is 6.68. The van der Waals surface area contributed by atoms with E-state index in [1.807, 2.05) is 0 Å². The minimum absolute atomic E-state index is 0.0761. The molecule has 0 unspecified atom stereocenters. The Morgan fingerprint density at radius 1 is 1.18 bits per heavy atom. The number of carbonyl (C=O) groups is 2. The van der Waals surface area contributed by atoms with Crippen molar-refractivity contribution in [3.05, 3.63) is 29.8 Å².